The molecule has 2 aliphatic rings. The second-order valence-corrected chi connectivity index (χ2v) is 6.25. The molecule has 0 radical (unpaired) electrons. The van der Waals surface area contributed by atoms with E-state index in [1.807, 2.05) is 24.3 Å². The standard InChI is InChI=1S/C17H16ClFN2O/c1-22-12-5-2-10(3-6-12)21-11-4-7-15(21)16-13(8-11)14(18)9-20-17(16)19/h2-3,5-6,9,11,15H,4,7-8H2,1H3/t11-,15+/m0/s1. The summed E-state index contributed by atoms with van der Waals surface area (Å²) < 4.78 is 19.5. The van der Waals surface area contributed by atoms with Gasteiger partial charge in [-0.05, 0) is 49.1 Å². The summed E-state index contributed by atoms with van der Waals surface area (Å²) in [5.41, 5.74) is 2.71. The molecule has 0 aliphatic carbocycles. The largest absolute Gasteiger partial charge is 0.497 e. The number of pyridine rings is 1. The van der Waals surface area contributed by atoms with E-state index < -0.39 is 0 Å². The summed E-state index contributed by atoms with van der Waals surface area (Å²) >= 11 is 6.24. The predicted octanol–water partition coefficient (Wildman–Crippen LogP) is 4.15. The Labute approximate surface area is 133 Å². The van der Waals surface area contributed by atoms with E-state index in [9.17, 15) is 4.39 Å². The minimum absolute atomic E-state index is 0.0216. The third-order valence-corrected chi connectivity index (χ3v) is 5.10. The first-order valence-electron chi connectivity index (χ1n) is 7.44. The number of hydrogen-bond donors (Lipinski definition) is 0. The molecule has 3 nitrogen and oxygen atoms in total. The van der Waals surface area contributed by atoms with Crippen LogP contribution in [0, 0.1) is 5.95 Å². The van der Waals surface area contributed by atoms with Crippen molar-refractivity contribution in [3.8, 4) is 5.75 Å². The van der Waals surface area contributed by atoms with Crippen molar-refractivity contribution in [1.82, 2.24) is 4.98 Å². The minimum Gasteiger partial charge on any atom is -0.497 e. The van der Waals surface area contributed by atoms with Crippen LogP contribution in [0.25, 0.3) is 0 Å². The fourth-order valence-electron chi connectivity index (χ4n) is 3.81. The van der Waals surface area contributed by atoms with Crippen LogP contribution in [-0.2, 0) is 6.42 Å². The van der Waals surface area contributed by atoms with E-state index in [0.717, 1.165) is 36.3 Å². The van der Waals surface area contributed by atoms with E-state index in [2.05, 4.69) is 9.88 Å². The van der Waals surface area contributed by atoms with Gasteiger partial charge in [0.05, 0.1) is 18.2 Å². The summed E-state index contributed by atoms with van der Waals surface area (Å²) in [6.07, 6.45) is 4.18. The zero-order chi connectivity index (χ0) is 15.3. The summed E-state index contributed by atoms with van der Waals surface area (Å²) in [5.74, 6) is 0.438. The molecule has 2 atom stereocenters. The monoisotopic (exact) mass is 318 g/mol. The third-order valence-electron chi connectivity index (χ3n) is 4.77. The van der Waals surface area contributed by atoms with Crippen LogP contribution in [0.2, 0.25) is 5.02 Å². The van der Waals surface area contributed by atoms with Crippen LogP contribution in [0.5, 0.6) is 5.75 Å². The van der Waals surface area contributed by atoms with E-state index in [0.29, 0.717) is 16.6 Å². The minimum atomic E-state index is -0.386. The molecule has 1 saturated heterocycles. The quantitative estimate of drug-likeness (QED) is 0.778. The fourth-order valence-corrected chi connectivity index (χ4v) is 4.04. The summed E-state index contributed by atoms with van der Waals surface area (Å²) in [4.78, 5) is 6.13. The van der Waals surface area contributed by atoms with Gasteiger partial charge < -0.3 is 9.64 Å². The number of rotatable bonds is 2. The molecular weight excluding hydrogens is 303 g/mol. The summed E-state index contributed by atoms with van der Waals surface area (Å²) in [5, 5.41) is 0.586. The first-order valence-corrected chi connectivity index (χ1v) is 7.82. The summed E-state index contributed by atoms with van der Waals surface area (Å²) in [6, 6.07) is 8.34. The highest BCUT2D eigenvalue weighted by molar-refractivity contribution is 6.31. The number of benzene rings is 1. The van der Waals surface area contributed by atoms with Crippen LogP contribution in [0.1, 0.15) is 30.0 Å². The Bertz CT molecular complexity index is 719. The maximum absolute atomic E-state index is 14.3. The van der Waals surface area contributed by atoms with Gasteiger partial charge in [-0.2, -0.15) is 4.39 Å². The summed E-state index contributed by atoms with van der Waals surface area (Å²) in [7, 11) is 1.65. The molecule has 2 bridgehead atoms. The Morgan fingerprint density at radius 2 is 2.05 bits per heavy atom. The molecule has 4 rings (SSSR count). The van der Waals surface area contributed by atoms with E-state index in [-0.39, 0.29) is 12.0 Å². The Balaban J connectivity index is 1.78. The maximum Gasteiger partial charge on any atom is 0.218 e. The van der Waals surface area contributed by atoms with Crippen molar-refractivity contribution in [2.45, 2.75) is 31.3 Å². The molecule has 5 heteroatoms. The van der Waals surface area contributed by atoms with Gasteiger partial charge in [0.2, 0.25) is 5.95 Å². The first kappa shape index (κ1) is 13.8. The fraction of sp³-hybridized carbons (Fsp3) is 0.353. The van der Waals surface area contributed by atoms with Gasteiger partial charge in [-0.1, -0.05) is 11.6 Å². The van der Waals surface area contributed by atoms with Crippen LogP contribution >= 0.6 is 11.6 Å². The molecular formula is C17H16ClFN2O. The van der Waals surface area contributed by atoms with Gasteiger partial charge >= 0.3 is 0 Å². The third kappa shape index (κ3) is 1.97. The van der Waals surface area contributed by atoms with Crippen LogP contribution < -0.4 is 9.64 Å². The number of halogens is 2. The number of anilines is 1. The highest BCUT2D eigenvalue weighted by Gasteiger charge is 2.42. The van der Waals surface area contributed by atoms with Gasteiger partial charge in [0, 0.05) is 23.5 Å². The number of hydrogen-bond acceptors (Lipinski definition) is 3. The van der Waals surface area contributed by atoms with Crippen LogP contribution in [-0.4, -0.2) is 18.1 Å². The Morgan fingerprint density at radius 1 is 1.27 bits per heavy atom. The molecule has 0 amide bonds. The molecule has 2 aliphatic heterocycles. The molecule has 0 N–H and O–H groups in total. The maximum atomic E-state index is 14.3. The van der Waals surface area contributed by atoms with Crippen molar-refractivity contribution in [1.29, 1.82) is 0 Å². The molecule has 1 aromatic carbocycles. The average molecular weight is 319 g/mol. The van der Waals surface area contributed by atoms with E-state index in [1.165, 1.54) is 6.20 Å². The number of nitrogens with zero attached hydrogens (tertiary/aromatic N) is 2. The van der Waals surface area contributed by atoms with Gasteiger partial charge in [-0.3, -0.25) is 0 Å². The highest BCUT2D eigenvalue weighted by atomic mass is 35.5. The molecule has 1 fully saturated rings. The number of methoxy groups -OCH3 is 1. The lowest BCUT2D eigenvalue weighted by molar-refractivity contribution is 0.414. The smallest absolute Gasteiger partial charge is 0.218 e. The Hall–Kier alpha value is -1.81. The molecule has 114 valence electrons. The molecule has 1 aromatic heterocycles. The lowest BCUT2D eigenvalue weighted by Gasteiger charge is -2.38. The molecule has 3 heterocycles. The van der Waals surface area contributed by atoms with Crippen LogP contribution in [0.4, 0.5) is 10.1 Å². The van der Waals surface area contributed by atoms with Crippen molar-refractivity contribution in [3.63, 3.8) is 0 Å². The average Bonchev–Trinajstić information content (AvgIpc) is 2.84. The van der Waals surface area contributed by atoms with Gasteiger partial charge in [0.25, 0.3) is 0 Å². The first-order chi connectivity index (χ1) is 10.7. The van der Waals surface area contributed by atoms with E-state index >= 15 is 0 Å². The van der Waals surface area contributed by atoms with Crippen LogP contribution in [0.15, 0.2) is 30.5 Å². The Morgan fingerprint density at radius 3 is 2.77 bits per heavy atom. The van der Waals surface area contributed by atoms with E-state index in [1.54, 1.807) is 7.11 Å². The molecule has 0 spiro atoms. The number of aromatic nitrogens is 1. The number of fused-ring (bicyclic) bond motifs is 4. The second kappa shape index (κ2) is 5.13. The predicted molar refractivity (Wildman–Crippen MR) is 84.1 cm³/mol. The normalized spacial score (nSPS) is 22.6. The zero-order valence-electron chi connectivity index (χ0n) is 12.2. The van der Waals surface area contributed by atoms with Crippen molar-refractivity contribution in [2.75, 3.05) is 12.0 Å². The van der Waals surface area contributed by atoms with Crippen molar-refractivity contribution in [2.24, 2.45) is 0 Å². The SMILES string of the molecule is COc1ccc(N2[C@H]3CC[C@@H]2c2c(F)ncc(Cl)c2C3)cc1. The van der Waals surface area contributed by atoms with Gasteiger partial charge in [-0.15, -0.1) is 0 Å². The second-order valence-electron chi connectivity index (χ2n) is 5.85. The molecule has 22 heavy (non-hydrogen) atoms. The zero-order valence-corrected chi connectivity index (χ0v) is 13.0. The number of ether oxygens (including phenoxy) is 1. The summed E-state index contributed by atoms with van der Waals surface area (Å²) in [6.45, 7) is 0. The van der Waals surface area contributed by atoms with Crippen molar-refractivity contribution in [3.05, 3.63) is 52.6 Å². The molecule has 0 unspecified atom stereocenters. The van der Waals surface area contributed by atoms with Crippen molar-refractivity contribution < 1.29 is 9.13 Å². The van der Waals surface area contributed by atoms with Gasteiger partial charge in [0.15, 0.2) is 0 Å². The van der Waals surface area contributed by atoms with Gasteiger partial charge in [-0.25, -0.2) is 4.98 Å². The highest BCUT2D eigenvalue weighted by Crippen LogP contribution is 2.48. The Kier molecular flexibility index (Phi) is 3.22. The van der Waals surface area contributed by atoms with Crippen molar-refractivity contribution >= 4 is 17.3 Å². The van der Waals surface area contributed by atoms with E-state index in [4.69, 9.17) is 16.3 Å². The topological polar surface area (TPSA) is 25.4 Å². The lowest BCUT2D eigenvalue weighted by Crippen LogP contribution is -2.38. The van der Waals surface area contributed by atoms with Gasteiger partial charge in [0.1, 0.15) is 5.75 Å². The van der Waals surface area contributed by atoms with Crippen LogP contribution in [0.3, 0.4) is 0 Å². The molecule has 2 aromatic rings. The molecule has 0 saturated carbocycles. The lowest BCUT2D eigenvalue weighted by atomic mass is 9.94.